The SMILES string of the molecule is COC(=O)C(O)C(O)c1cccc(N)c1N. The lowest BCUT2D eigenvalue weighted by Crippen LogP contribution is -2.29. The van der Waals surface area contributed by atoms with Gasteiger partial charge in [0.05, 0.1) is 18.5 Å². The lowest BCUT2D eigenvalue weighted by atomic mass is 10.0. The maximum atomic E-state index is 11.0. The number of hydrogen-bond donors (Lipinski definition) is 4. The summed E-state index contributed by atoms with van der Waals surface area (Å²) >= 11 is 0. The van der Waals surface area contributed by atoms with Gasteiger partial charge < -0.3 is 26.4 Å². The molecule has 1 aromatic rings. The summed E-state index contributed by atoms with van der Waals surface area (Å²) in [6.07, 6.45) is -3.15. The van der Waals surface area contributed by atoms with Gasteiger partial charge in [0.1, 0.15) is 6.10 Å². The van der Waals surface area contributed by atoms with E-state index in [1.165, 1.54) is 6.07 Å². The molecule has 0 aromatic heterocycles. The minimum atomic E-state index is -1.69. The average molecular weight is 226 g/mol. The fourth-order valence-corrected chi connectivity index (χ4v) is 1.28. The van der Waals surface area contributed by atoms with Crippen molar-refractivity contribution in [3.8, 4) is 0 Å². The second kappa shape index (κ2) is 4.82. The van der Waals surface area contributed by atoms with Crippen molar-refractivity contribution < 1.29 is 19.7 Å². The third-order valence-electron chi connectivity index (χ3n) is 2.23. The number of benzene rings is 1. The topological polar surface area (TPSA) is 119 Å². The van der Waals surface area contributed by atoms with Crippen LogP contribution in [0.15, 0.2) is 18.2 Å². The number of aliphatic hydroxyl groups excluding tert-OH is 2. The largest absolute Gasteiger partial charge is 0.467 e. The van der Waals surface area contributed by atoms with E-state index in [1.807, 2.05) is 0 Å². The van der Waals surface area contributed by atoms with Gasteiger partial charge >= 0.3 is 5.97 Å². The van der Waals surface area contributed by atoms with Crippen molar-refractivity contribution >= 4 is 17.3 Å². The Labute approximate surface area is 92.4 Å². The zero-order valence-electron chi connectivity index (χ0n) is 8.75. The molecular formula is C10H14N2O4. The van der Waals surface area contributed by atoms with E-state index in [0.717, 1.165) is 7.11 Å². The molecule has 2 atom stereocenters. The first-order valence-electron chi connectivity index (χ1n) is 4.56. The van der Waals surface area contributed by atoms with Gasteiger partial charge in [0.15, 0.2) is 6.10 Å². The van der Waals surface area contributed by atoms with Crippen LogP contribution in [-0.2, 0) is 9.53 Å². The number of anilines is 2. The monoisotopic (exact) mass is 226 g/mol. The lowest BCUT2D eigenvalue weighted by molar-refractivity contribution is -0.156. The Kier molecular flexibility index (Phi) is 3.70. The maximum Gasteiger partial charge on any atom is 0.337 e. The minimum Gasteiger partial charge on any atom is -0.467 e. The smallest absolute Gasteiger partial charge is 0.337 e. The van der Waals surface area contributed by atoms with E-state index in [0.29, 0.717) is 0 Å². The van der Waals surface area contributed by atoms with Gasteiger partial charge in [-0.05, 0) is 6.07 Å². The van der Waals surface area contributed by atoms with E-state index in [4.69, 9.17) is 11.5 Å². The fourth-order valence-electron chi connectivity index (χ4n) is 1.28. The van der Waals surface area contributed by atoms with Gasteiger partial charge in [-0.1, -0.05) is 12.1 Å². The van der Waals surface area contributed by atoms with Crippen LogP contribution in [0.5, 0.6) is 0 Å². The Morgan fingerprint density at radius 2 is 2.00 bits per heavy atom. The Morgan fingerprint density at radius 1 is 1.38 bits per heavy atom. The van der Waals surface area contributed by atoms with Gasteiger partial charge in [0.2, 0.25) is 0 Å². The highest BCUT2D eigenvalue weighted by atomic mass is 16.5. The molecule has 0 aliphatic carbocycles. The van der Waals surface area contributed by atoms with Crippen molar-refractivity contribution in [2.75, 3.05) is 18.6 Å². The molecule has 88 valence electrons. The normalized spacial score (nSPS) is 14.2. The van der Waals surface area contributed by atoms with Crippen LogP contribution >= 0.6 is 0 Å². The standard InChI is InChI=1S/C10H14N2O4/c1-16-10(15)9(14)8(13)5-3-2-4-6(11)7(5)12/h2-4,8-9,13-14H,11-12H2,1H3. The zero-order chi connectivity index (χ0) is 12.3. The zero-order valence-corrected chi connectivity index (χ0v) is 8.75. The van der Waals surface area contributed by atoms with Gasteiger partial charge in [-0.15, -0.1) is 0 Å². The number of esters is 1. The number of nitrogens with two attached hydrogens (primary N) is 2. The number of para-hydroxylation sites is 1. The van der Waals surface area contributed by atoms with Crippen molar-refractivity contribution in [2.24, 2.45) is 0 Å². The Bertz CT molecular complexity index is 394. The summed E-state index contributed by atoms with van der Waals surface area (Å²) in [5.41, 5.74) is 11.7. The van der Waals surface area contributed by atoms with Crippen LogP contribution in [0, 0.1) is 0 Å². The quantitative estimate of drug-likeness (QED) is 0.404. The number of aliphatic hydroxyl groups is 2. The molecule has 6 N–H and O–H groups in total. The first-order chi connectivity index (χ1) is 7.49. The van der Waals surface area contributed by atoms with E-state index < -0.39 is 18.2 Å². The first kappa shape index (κ1) is 12.3. The second-order valence-electron chi connectivity index (χ2n) is 3.26. The van der Waals surface area contributed by atoms with Crippen molar-refractivity contribution in [1.82, 2.24) is 0 Å². The van der Waals surface area contributed by atoms with E-state index in [2.05, 4.69) is 4.74 Å². The predicted octanol–water partition coefficient (Wildman–Crippen LogP) is -0.582. The highest BCUT2D eigenvalue weighted by Crippen LogP contribution is 2.27. The molecule has 2 unspecified atom stereocenters. The molecule has 0 fully saturated rings. The van der Waals surface area contributed by atoms with E-state index in [9.17, 15) is 15.0 Å². The molecule has 6 heteroatoms. The van der Waals surface area contributed by atoms with E-state index in [1.54, 1.807) is 12.1 Å². The van der Waals surface area contributed by atoms with Crippen LogP contribution in [0.3, 0.4) is 0 Å². The number of rotatable bonds is 3. The molecule has 0 bridgehead atoms. The summed E-state index contributed by atoms with van der Waals surface area (Å²) in [6.45, 7) is 0. The molecule has 0 saturated heterocycles. The summed E-state index contributed by atoms with van der Waals surface area (Å²) in [4.78, 5) is 11.0. The third-order valence-corrected chi connectivity index (χ3v) is 2.23. The van der Waals surface area contributed by atoms with Crippen LogP contribution in [0.25, 0.3) is 0 Å². The molecule has 0 heterocycles. The van der Waals surface area contributed by atoms with Gasteiger partial charge in [0.25, 0.3) is 0 Å². The van der Waals surface area contributed by atoms with Crippen molar-refractivity contribution in [1.29, 1.82) is 0 Å². The Hall–Kier alpha value is -1.79. The molecule has 1 rings (SSSR count). The summed E-state index contributed by atoms with van der Waals surface area (Å²) < 4.78 is 4.30. The molecule has 0 saturated carbocycles. The van der Waals surface area contributed by atoms with Crippen LogP contribution in [0.4, 0.5) is 11.4 Å². The van der Waals surface area contributed by atoms with Crippen LogP contribution in [0.2, 0.25) is 0 Å². The van der Waals surface area contributed by atoms with Gasteiger partial charge in [0, 0.05) is 5.56 Å². The minimum absolute atomic E-state index is 0.137. The molecule has 1 aromatic carbocycles. The fraction of sp³-hybridized carbons (Fsp3) is 0.300. The molecule has 0 amide bonds. The third kappa shape index (κ3) is 2.23. The molecular weight excluding hydrogens is 212 g/mol. The first-order valence-corrected chi connectivity index (χ1v) is 4.56. The van der Waals surface area contributed by atoms with Gasteiger partial charge in [-0.3, -0.25) is 0 Å². The summed E-state index contributed by atoms with van der Waals surface area (Å²) in [6, 6.07) is 4.59. The molecule has 0 aliphatic heterocycles. The van der Waals surface area contributed by atoms with Crippen molar-refractivity contribution in [3.63, 3.8) is 0 Å². The lowest BCUT2D eigenvalue weighted by Gasteiger charge is -2.18. The molecule has 0 aliphatic rings. The van der Waals surface area contributed by atoms with Gasteiger partial charge in [-0.25, -0.2) is 4.79 Å². The number of methoxy groups -OCH3 is 1. The Morgan fingerprint density at radius 3 is 2.56 bits per heavy atom. The number of carbonyl (C=O) groups excluding carboxylic acids is 1. The predicted molar refractivity (Wildman–Crippen MR) is 58.2 cm³/mol. The summed E-state index contributed by atoms with van der Waals surface area (Å²) in [7, 11) is 1.11. The van der Waals surface area contributed by atoms with E-state index in [-0.39, 0.29) is 16.9 Å². The van der Waals surface area contributed by atoms with E-state index >= 15 is 0 Å². The number of hydrogen-bond acceptors (Lipinski definition) is 6. The number of ether oxygens (including phenoxy) is 1. The maximum absolute atomic E-state index is 11.0. The average Bonchev–Trinajstić information content (AvgIpc) is 2.29. The highest BCUT2D eigenvalue weighted by molar-refractivity contribution is 5.77. The number of carbonyl (C=O) groups is 1. The van der Waals surface area contributed by atoms with Crippen LogP contribution in [0.1, 0.15) is 11.7 Å². The summed E-state index contributed by atoms with van der Waals surface area (Å²) in [5.74, 6) is -0.936. The van der Waals surface area contributed by atoms with Crippen molar-refractivity contribution in [2.45, 2.75) is 12.2 Å². The summed E-state index contributed by atoms with van der Waals surface area (Å²) in [5, 5.41) is 19.1. The van der Waals surface area contributed by atoms with Crippen LogP contribution in [-0.4, -0.2) is 29.4 Å². The Balaban J connectivity index is 3.00. The molecule has 0 radical (unpaired) electrons. The van der Waals surface area contributed by atoms with Crippen LogP contribution < -0.4 is 11.5 Å². The molecule has 6 nitrogen and oxygen atoms in total. The molecule has 0 spiro atoms. The number of nitrogen functional groups attached to an aromatic ring is 2. The van der Waals surface area contributed by atoms with Crippen molar-refractivity contribution in [3.05, 3.63) is 23.8 Å². The highest BCUT2D eigenvalue weighted by Gasteiger charge is 2.28. The molecule has 16 heavy (non-hydrogen) atoms. The van der Waals surface area contributed by atoms with Gasteiger partial charge in [-0.2, -0.15) is 0 Å². The second-order valence-corrected chi connectivity index (χ2v) is 3.26.